The SMILES string of the molecule is CCC(C)c1ccc(C)c(C=O)c1O. The molecule has 0 heterocycles. The van der Waals surface area contributed by atoms with E-state index in [1.54, 1.807) is 0 Å². The van der Waals surface area contributed by atoms with E-state index >= 15 is 0 Å². The van der Waals surface area contributed by atoms with Crippen molar-refractivity contribution in [1.82, 2.24) is 0 Å². The summed E-state index contributed by atoms with van der Waals surface area (Å²) in [5.74, 6) is 0.434. The molecule has 1 atom stereocenters. The summed E-state index contributed by atoms with van der Waals surface area (Å²) in [7, 11) is 0. The van der Waals surface area contributed by atoms with E-state index in [0.717, 1.165) is 23.8 Å². The first-order valence-electron chi connectivity index (χ1n) is 4.89. The molecular weight excluding hydrogens is 176 g/mol. The van der Waals surface area contributed by atoms with Crippen LogP contribution in [0.4, 0.5) is 0 Å². The Morgan fingerprint density at radius 2 is 2.14 bits per heavy atom. The molecule has 0 aliphatic carbocycles. The van der Waals surface area contributed by atoms with Gasteiger partial charge in [-0.3, -0.25) is 4.79 Å². The van der Waals surface area contributed by atoms with Gasteiger partial charge in [-0.05, 0) is 30.4 Å². The van der Waals surface area contributed by atoms with Gasteiger partial charge in [0.15, 0.2) is 6.29 Å². The topological polar surface area (TPSA) is 37.3 Å². The maximum atomic E-state index is 10.8. The summed E-state index contributed by atoms with van der Waals surface area (Å²) in [4.78, 5) is 10.8. The number of carbonyl (C=O) groups excluding carboxylic acids is 1. The maximum Gasteiger partial charge on any atom is 0.154 e. The average Bonchev–Trinajstić information content (AvgIpc) is 2.18. The molecule has 0 saturated carbocycles. The summed E-state index contributed by atoms with van der Waals surface area (Å²) in [6, 6.07) is 3.77. The normalized spacial score (nSPS) is 12.5. The van der Waals surface area contributed by atoms with Crippen molar-refractivity contribution in [3.8, 4) is 5.75 Å². The molecule has 0 radical (unpaired) electrons. The molecule has 0 bridgehead atoms. The van der Waals surface area contributed by atoms with Crippen LogP contribution in [-0.4, -0.2) is 11.4 Å². The first-order valence-corrected chi connectivity index (χ1v) is 4.89. The highest BCUT2D eigenvalue weighted by Gasteiger charge is 2.13. The van der Waals surface area contributed by atoms with Gasteiger partial charge in [0.2, 0.25) is 0 Å². The van der Waals surface area contributed by atoms with Gasteiger partial charge in [0, 0.05) is 0 Å². The Bertz CT molecular complexity index is 342. The lowest BCUT2D eigenvalue weighted by atomic mass is 9.94. The summed E-state index contributed by atoms with van der Waals surface area (Å²) < 4.78 is 0. The van der Waals surface area contributed by atoms with Gasteiger partial charge in [0.25, 0.3) is 0 Å². The van der Waals surface area contributed by atoms with Crippen molar-refractivity contribution < 1.29 is 9.90 Å². The van der Waals surface area contributed by atoms with Crippen LogP contribution in [-0.2, 0) is 0 Å². The summed E-state index contributed by atoms with van der Waals surface area (Å²) in [5, 5.41) is 9.84. The highest BCUT2D eigenvalue weighted by molar-refractivity contribution is 5.82. The average molecular weight is 192 g/mol. The molecular formula is C12H16O2. The molecule has 0 saturated heterocycles. The van der Waals surface area contributed by atoms with Crippen molar-refractivity contribution in [3.63, 3.8) is 0 Å². The number of aldehydes is 1. The Balaban J connectivity index is 3.27. The van der Waals surface area contributed by atoms with Crippen molar-refractivity contribution in [2.24, 2.45) is 0 Å². The lowest BCUT2D eigenvalue weighted by Crippen LogP contribution is -1.96. The Labute approximate surface area is 84.6 Å². The van der Waals surface area contributed by atoms with Gasteiger partial charge in [0.1, 0.15) is 5.75 Å². The van der Waals surface area contributed by atoms with Crippen LogP contribution in [0, 0.1) is 6.92 Å². The predicted molar refractivity (Wildman–Crippen MR) is 56.9 cm³/mol. The second-order valence-corrected chi connectivity index (χ2v) is 3.66. The third kappa shape index (κ3) is 1.79. The minimum Gasteiger partial charge on any atom is -0.507 e. The number of benzene rings is 1. The van der Waals surface area contributed by atoms with Crippen LogP contribution in [0.3, 0.4) is 0 Å². The molecule has 2 heteroatoms. The van der Waals surface area contributed by atoms with Crippen LogP contribution in [0.1, 0.15) is 47.7 Å². The highest BCUT2D eigenvalue weighted by atomic mass is 16.3. The molecule has 1 aromatic rings. The van der Waals surface area contributed by atoms with E-state index in [1.165, 1.54) is 0 Å². The fourth-order valence-electron chi connectivity index (χ4n) is 1.49. The standard InChI is InChI=1S/C12H16O2/c1-4-8(2)10-6-5-9(3)11(7-13)12(10)14/h5-8,14H,4H2,1-3H3. The highest BCUT2D eigenvalue weighted by Crippen LogP contribution is 2.31. The number of rotatable bonds is 3. The van der Waals surface area contributed by atoms with E-state index in [0.29, 0.717) is 5.56 Å². The van der Waals surface area contributed by atoms with Crippen molar-refractivity contribution in [2.45, 2.75) is 33.1 Å². The van der Waals surface area contributed by atoms with Crippen molar-refractivity contribution >= 4 is 6.29 Å². The molecule has 0 aromatic heterocycles. The van der Waals surface area contributed by atoms with Gasteiger partial charge in [0.05, 0.1) is 5.56 Å². The number of aromatic hydroxyl groups is 1. The Kier molecular flexibility index (Phi) is 3.28. The van der Waals surface area contributed by atoms with Gasteiger partial charge >= 0.3 is 0 Å². The van der Waals surface area contributed by atoms with Crippen molar-refractivity contribution in [1.29, 1.82) is 0 Å². The summed E-state index contributed by atoms with van der Waals surface area (Å²) >= 11 is 0. The number of hydrogen-bond acceptors (Lipinski definition) is 2. The molecule has 1 N–H and O–H groups in total. The van der Waals surface area contributed by atoms with Gasteiger partial charge in [-0.2, -0.15) is 0 Å². The smallest absolute Gasteiger partial charge is 0.154 e. The maximum absolute atomic E-state index is 10.8. The first-order chi connectivity index (χ1) is 6.61. The van der Waals surface area contributed by atoms with Crippen LogP contribution in [0.15, 0.2) is 12.1 Å². The second kappa shape index (κ2) is 4.27. The number of phenolic OH excluding ortho intramolecular Hbond substituents is 1. The lowest BCUT2D eigenvalue weighted by Gasteiger charge is -2.13. The fraction of sp³-hybridized carbons (Fsp3) is 0.417. The molecule has 0 fully saturated rings. The van der Waals surface area contributed by atoms with Crippen LogP contribution in [0.5, 0.6) is 5.75 Å². The van der Waals surface area contributed by atoms with E-state index < -0.39 is 0 Å². The van der Waals surface area contributed by atoms with E-state index in [-0.39, 0.29) is 11.7 Å². The second-order valence-electron chi connectivity index (χ2n) is 3.66. The zero-order valence-corrected chi connectivity index (χ0v) is 8.87. The Hall–Kier alpha value is -1.31. The van der Waals surface area contributed by atoms with Gasteiger partial charge < -0.3 is 5.11 Å². The third-order valence-corrected chi connectivity index (χ3v) is 2.73. The first kappa shape index (κ1) is 10.8. The van der Waals surface area contributed by atoms with Crippen molar-refractivity contribution in [3.05, 3.63) is 28.8 Å². The minimum atomic E-state index is 0.148. The third-order valence-electron chi connectivity index (χ3n) is 2.73. The predicted octanol–water partition coefficient (Wildman–Crippen LogP) is 3.03. The number of phenols is 1. The van der Waals surface area contributed by atoms with Crippen LogP contribution < -0.4 is 0 Å². The molecule has 0 aliphatic rings. The largest absolute Gasteiger partial charge is 0.507 e. The van der Waals surface area contributed by atoms with E-state index in [1.807, 2.05) is 26.0 Å². The number of aryl methyl sites for hydroxylation is 1. The molecule has 76 valence electrons. The molecule has 14 heavy (non-hydrogen) atoms. The van der Waals surface area contributed by atoms with Gasteiger partial charge in [-0.1, -0.05) is 26.0 Å². The summed E-state index contributed by atoms with van der Waals surface area (Å²) in [5.41, 5.74) is 2.10. The van der Waals surface area contributed by atoms with Crippen LogP contribution in [0.2, 0.25) is 0 Å². The molecule has 2 nitrogen and oxygen atoms in total. The summed E-state index contributed by atoms with van der Waals surface area (Å²) in [6.07, 6.45) is 1.67. The minimum absolute atomic E-state index is 0.148. The molecule has 1 unspecified atom stereocenters. The monoisotopic (exact) mass is 192 g/mol. The summed E-state index contributed by atoms with van der Waals surface area (Å²) in [6.45, 7) is 5.92. The Morgan fingerprint density at radius 3 is 2.64 bits per heavy atom. The van der Waals surface area contributed by atoms with Gasteiger partial charge in [-0.25, -0.2) is 0 Å². The van der Waals surface area contributed by atoms with Gasteiger partial charge in [-0.15, -0.1) is 0 Å². The van der Waals surface area contributed by atoms with E-state index in [9.17, 15) is 9.90 Å². The molecule has 1 rings (SSSR count). The fourth-order valence-corrected chi connectivity index (χ4v) is 1.49. The Morgan fingerprint density at radius 1 is 1.50 bits per heavy atom. The lowest BCUT2D eigenvalue weighted by molar-refractivity contribution is 0.112. The number of carbonyl (C=O) groups is 1. The quantitative estimate of drug-likeness (QED) is 0.747. The van der Waals surface area contributed by atoms with E-state index in [4.69, 9.17) is 0 Å². The van der Waals surface area contributed by atoms with Crippen LogP contribution in [0.25, 0.3) is 0 Å². The number of hydrogen-bond donors (Lipinski definition) is 1. The van der Waals surface area contributed by atoms with Crippen molar-refractivity contribution in [2.75, 3.05) is 0 Å². The zero-order valence-electron chi connectivity index (χ0n) is 8.87. The van der Waals surface area contributed by atoms with E-state index in [2.05, 4.69) is 6.92 Å². The molecule has 0 amide bonds. The molecule has 0 aliphatic heterocycles. The molecule has 1 aromatic carbocycles. The molecule has 0 spiro atoms. The zero-order chi connectivity index (χ0) is 10.7. The van der Waals surface area contributed by atoms with Crippen LogP contribution >= 0.6 is 0 Å².